The van der Waals surface area contributed by atoms with Gasteiger partial charge in [0.1, 0.15) is 11.5 Å². The van der Waals surface area contributed by atoms with E-state index in [1.165, 1.54) is 23.3 Å². The molecule has 0 unspecified atom stereocenters. The first-order valence-electron chi connectivity index (χ1n) is 4.95. The Labute approximate surface area is 98.6 Å². The molecule has 0 atom stereocenters. The summed E-state index contributed by atoms with van der Waals surface area (Å²) in [5.74, 6) is 0.344. The third-order valence-corrected chi connectivity index (χ3v) is 2.41. The van der Waals surface area contributed by atoms with Gasteiger partial charge in [-0.15, -0.1) is 0 Å². The molecule has 0 bridgehead atoms. The summed E-state index contributed by atoms with van der Waals surface area (Å²) in [5, 5.41) is 10.2. The zero-order chi connectivity index (χ0) is 12.7. The molecule has 0 aliphatic heterocycles. The van der Waals surface area contributed by atoms with Gasteiger partial charge in [-0.05, 0) is 0 Å². The average Bonchev–Trinajstić information content (AvgIpc) is 2.92. The van der Waals surface area contributed by atoms with Crippen LogP contribution in [0, 0.1) is 0 Å². The van der Waals surface area contributed by atoms with Crippen molar-refractivity contribution in [2.45, 2.75) is 6.43 Å². The molecule has 3 heterocycles. The van der Waals surface area contributed by atoms with Crippen molar-refractivity contribution >= 4 is 16.9 Å². The number of aromatic nitrogens is 6. The molecule has 3 aromatic rings. The number of nitrogen functional groups attached to an aromatic ring is 1. The molecular formula is C9H7F2N7. The summed E-state index contributed by atoms with van der Waals surface area (Å²) in [7, 11) is 0. The molecule has 3 N–H and O–H groups in total. The first kappa shape index (κ1) is 10.6. The molecule has 3 aromatic heterocycles. The van der Waals surface area contributed by atoms with Gasteiger partial charge in [-0.3, -0.25) is 10.1 Å². The summed E-state index contributed by atoms with van der Waals surface area (Å²) in [6.45, 7) is 0. The average molecular weight is 251 g/mol. The van der Waals surface area contributed by atoms with Crippen LogP contribution in [0.15, 0.2) is 18.6 Å². The van der Waals surface area contributed by atoms with E-state index in [1.807, 2.05) is 0 Å². The van der Waals surface area contributed by atoms with Crippen LogP contribution in [0.3, 0.4) is 0 Å². The Bertz CT molecular complexity index is 688. The predicted molar refractivity (Wildman–Crippen MR) is 58.2 cm³/mol. The van der Waals surface area contributed by atoms with Crippen LogP contribution in [-0.2, 0) is 0 Å². The lowest BCUT2D eigenvalue weighted by molar-refractivity contribution is 0.147. The molecule has 7 nitrogen and oxygen atoms in total. The zero-order valence-corrected chi connectivity index (χ0v) is 8.88. The summed E-state index contributed by atoms with van der Waals surface area (Å²) in [4.78, 5) is 7.83. The maximum absolute atomic E-state index is 12.9. The van der Waals surface area contributed by atoms with Gasteiger partial charge in [0.05, 0.1) is 11.6 Å². The lowest BCUT2D eigenvalue weighted by Crippen LogP contribution is -2.01. The summed E-state index contributed by atoms with van der Waals surface area (Å²) >= 11 is 0. The van der Waals surface area contributed by atoms with Crippen molar-refractivity contribution in [3.63, 3.8) is 0 Å². The Morgan fingerprint density at radius 3 is 2.83 bits per heavy atom. The minimum absolute atomic E-state index is 0.0513. The number of hydrogen-bond donors (Lipinski definition) is 2. The van der Waals surface area contributed by atoms with E-state index in [9.17, 15) is 8.78 Å². The number of halogens is 2. The molecule has 3 rings (SSSR count). The van der Waals surface area contributed by atoms with Crippen LogP contribution in [0.2, 0.25) is 0 Å². The van der Waals surface area contributed by atoms with E-state index in [2.05, 4.69) is 25.3 Å². The molecule has 92 valence electrons. The SMILES string of the molecule is Nc1[nH]nc2c1c(C(F)F)nn2-c1cnccn1. The van der Waals surface area contributed by atoms with Gasteiger partial charge in [-0.2, -0.15) is 14.9 Å². The van der Waals surface area contributed by atoms with Gasteiger partial charge in [0.15, 0.2) is 11.5 Å². The predicted octanol–water partition coefficient (Wildman–Crippen LogP) is 1.06. The zero-order valence-electron chi connectivity index (χ0n) is 8.88. The molecule has 0 saturated carbocycles. The number of nitrogens with two attached hydrogens (primary N) is 1. The van der Waals surface area contributed by atoms with Crippen LogP contribution in [0.4, 0.5) is 14.6 Å². The molecular weight excluding hydrogens is 244 g/mol. The van der Waals surface area contributed by atoms with E-state index in [1.54, 1.807) is 0 Å². The third-order valence-electron chi connectivity index (χ3n) is 2.41. The Morgan fingerprint density at radius 2 is 2.17 bits per heavy atom. The van der Waals surface area contributed by atoms with Gasteiger partial charge in [-0.1, -0.05) is 0 Å². The van der Waals surface area contributed by atoms with Crippen molar-refractivity contribution < 1.29 is 8.78 Å². The van der Waals surface area contributed by atoms with Crippen molar-refractivity contribution in [3.05, 3.63) is 24.3 Å². The second-order valence-corrected chi connectivity index (χ2v) is 3.50. The quantitative estimate of drug-likeness (QED) is 0.709. The largest absolute Gasteiger partial charge is 0.383 e. The van der Waals surface area contributed by atoms with Crippen LogP contribution >= 0.6 is 0 Å². The number of aromatic amines is 1. The van der Waals surface area contributed by atoms with Crippen molar-refractivity contribution in [1.82, 2.24) is 29.9 Å². The monoisotopic (exact) mass is 251 g/mol. The second-order valence-electron chi connectivity index (χ2n) is 3.50. The molecule has 0 radical (unpaired) electrons. The van der Waals surface area contributed by atoms with E-state index < -0.39 is 12.1 Å². The normalized spacial score (nSPS) is 11.5. The fourth-order valence-electron chi connectivity index (χ4n) is 1.67. The van der Waals surface area contributed by atoms with Crippen molar-refractivity contribution in [3.8, 4) is 5.82 Å². The fraction of sp³-hybridized carbons (Fsp3) is 0.111. The Hall–Kier alpha value is -2.58. The summed E-state index contributed by atoms with van der Waals surface area (Å²) in [5.41, 5.74) is 5.33. The Morgan fingerprint density at radius 1 is 1.33 bits per heavy atom. The molecule has 0 aliphatic carbocycles. The molecule has 0 aromatic carbocycles. The first-order chi connectivity index (χ1) is 8.68. The fourth-order valence-corrected chi connectivity index (χ4v) is 1.67. The van der Waals surface area contributed by atoms with Gasteiger partial charge in [0.25, 0.3) is 6.43 Å². The molecule has 9 heteroatoms. The number of alkyl halides is 2. The smallest absolute Gasteiger partial charge is 0.282 e. The van der Waals surface area contributed by atoms with Crippen molar-refractivity contribution in [1.29, 1.82) is 0 Å². The molecule has 18 heavy (non-hydrogen) atoms. The van der Waals surface area contributed by atoms with Gasteiger partial charge in [0, 0.05) is 12.4 Å². The number of fused-ring (bicyclic) bond motifs is 1. The van der Waals surface area contributed by atoms with Crippen molar-refractivity contribution in [2.75, 3.05) is 5.73 Å². The van der Waals surface area contributed by atoms with Gasteiger partial charge in [0.2, 0.25) is 0 Å². The molecule has 0 amide bonds. The lowest BCUT2D eigenvalue weighted by Gasteiger charge is -1.98. The highest BCUT2D eigenvalue weighted by atomic mass is 19.3. The first-order valence-corrected chi connectivity index (χ1v) is 4.95. The highest BCUT2D eigenvalue weighted by molar-refractivity contribution is 5.89. The minimum atomic E-state index is -2.75. The topological polar surface area (TPSA) is 98.3 Å². The third kappa shape index (κ3) is 1.40. The van der Waals surface area contributed by atoms with Gasteiger partial charge < -0.3 is 5.73 Å². The second kappa shape index (κ2) is 3.72. The van der Waals surface area contributed by atoms with Crippen LogP contribution < -0.4 is 5.73 Å². The highest BCUT2D eigenvalue weighted by Crippen LogP contribution is 2.30. The maximum Gasteiger partial charge on any atom is 0.282 e. The maximum atomic E-state index is 12.9. The molecule has 0 fully saturated rings. The van der Waals surface area contributed by atoms with E-state index in [0.717, 1.165) is 0 Å². The molecule has 0 spiro atoms. The number of rotatable bonds is 2. The summed E-state index contributed by atoms with van der Waals surface area (Å²) in [6.07, 6.45) is 1.55. The van der Waals surface area contributed by atoms with Gasteiger partial charge >= 0.3 is 0 Å². The van der Waals surface area contributed by atoms with Crippen LogP contribution in [-0.4, -0.2) is 29.9 Å². The number of H-pyrrole nitrogens is 1. The minimum Gasteiger partial charge on any atom is -0.383 e. The van der Waals surface area contributed by atoms with Crippen LogP contribution in [0.25, 0.3) is 16.9 Å². The Kier molecular flexibility index (Phi) is 2.18. The lowest BCUT2D eigenvalue weighted by atomic mass is 10.3. The van der Waals surface area contributed by atoms with Crippen LogP contribution in [0.1, 0.15) is 12.1 Å². The molecule has 0 saturated heterocycles. The van der Waals surface area contributed by atoms with E-state index in [4.69, 9.17) is 5.73 Å². The van der Waals surface area contributed by atoms with E-state index in [0.29, 0.717) is 5.82 Å². The Balaban J connectivity index is 2.31. The number of hydrogen-bond acceptors (Lipinski definition) is 5. The number of nitrogens with one attached hydrogen (secondary N) is 1. The van der Waals surface area contributed by atoms with E-state index >= 15 is 0 Å². The summed E-state index contributed by atoms with van der Waals surface area (Å²) < 4.78 is 26.9. The van der Waals surface area contributed by atoms with Crippen LogP contribution in [0.5, 0.6) is 0 Å². The van der Waals surface area contributed by atoms with E-state index in [-0.39, 0.29) is 16.9 Å². The number of anilines is 1. The summed E-state index contributed by atoms with van der Waals surface area (Å²) in [6, 6.07) is 0. The standard InChI is InChI=1S/C9H7F2N7/c10-7(11)6-5-8(12)15-16-9(5)18(17-6)4-3-13-1-2-14-4/h1-3,7H,(H3,12,15,16). The van der Waals surface area contributed by atoms with Gasteiger partial charge in [-0.25, -0.2) is 13.8 Å². The highest BCUT2D eigenvalue weighted by Gasteiger charge is 2.24. The van der Waals surface area contributed by atoms with Crippen molar-refractivity contribution in [2.24, 2.45) is 0 Å². The molecule has 0 aliphatic rings. The number of nitrogens with zero attached hydrogens (tertiary/aromatic N) is 5.